The van der Waals surface area contributed by atoms with E-state index in [0.29, 0.717) is 18.3 Å². The molecular formula is C17H27N3O4S. The molecule has 0 spiro atoms. The molecule has 0 aromatic heterocycles. The molecule has 1 aliphatic rings. The van der Waals surface area contributed by atoms with Crippen LogP contribution in [0.4, 0.5) is 0 Å². The van der Waals surface area contributed by atoms with Crippen LogP contribution < -0.4 is 20.1 Å². The summed E-state index contributed by atoms with van der Waals surface area (Å²) in [7, 11) is -3.63. The highest BCUT2D eigenvalue weighted by atomic mass is 32.2. The maximum absolute atomic E-state index is 12.2. The van der Waals surface area contributed by atoms with Crippen LogP contribution >= 0.6 is 0 Å². The third-order valence-electron chi connectivity index (χ3n) is 4.22. The van der Waals surface area contributed by atoms with Crippen LogP contribution in [0.15, 0.2) is 29.2 Å². The van der Waals surface area contributed by atoms with Crippen molar-refractivity contribution in [3.05, 3.63) is 24.3 Å². The van der Waals surface area contributed by atoms with Crippen molar-refractivity contribution in [3.63, 3.8) is 0 Å². The van der Waals surface area contributed by atoms with Crippen LogP contribution in [0.2, 0.25) is 0 Å². The van der Waals surface area contributed by atoms with Crippen LogP contribution in [0.3, 0.4) is 0 Å². The van der Waals surface area contributed by atoms with E-state index in [1.807, 2.05) is 6.92 Å². The van der Waals surface area contributed by atoms with Crippen LogP contribution in [0.5, 0.6) is 5.75 Å². The Hall–Kier alpha value is -1.64. The van der Waals surface area contributed by atoms with Crippen molar-refractivity contribution >= 4 is 15.9 Å². The van der Waals surface area contributed by atoms with Gasteiger partial charge in [-0.1, -0.05) is 6.92 Å². The maximum atomic E-state index is 12.2. The van der Waals surface area contributed by atoms with Gasteiger partial charge in [-0.05, 0) is 56.6 Å². The lowest BCUT2D eigenvalue weighted by atomic mass is 9.95. The standard InChI is InChI=1S/C17H27N3O4S/c1-3-24-14-4-6-15(7-5-14)25(22,23)19-11-9-17(21)20-16-8-10-18-12-13(16)2/h4-7,13,16,18-19H,3,8-12H2,1-2H3,(H,20,21). The fraction of sp³-hybridized carbons (Fsp3) is 0.588. The van der Waals surface area contributed by atoms with Crippen molar-refractivity contribution < 1.29 is 17.9 Å². The smallest absolute Gasteiger partial charge is 0.240 e. The molecule has 1 aliphatic heterocycles. The number of piperidine rings is 1. The Labute approximate surface area is 149 Å². The van der Waals surface area contributed by atoms with Crippen LogP contribution in [0.1, 0.15) is 26.7 Å². The molecule has 1 heterocycles. The number of hydrogen-bond donors (Lipinski definition) is 3. The largest absolute Gasteiger partial charge is 0.494 e. The van der Waals surface area contributed by atoms with Gasteiger partial charge in [0.2, 0.25) is 15.9 Å². The number of carbonyl (C=O) groups is 1. The minimum atomic E-state index is -3.63. The lowest BCUT2D eigenvalue weighted by molar-refractivity contribution is -0.122. The van der Waals surface area contributed by atoms with Crippen LogP contribution in [-0.4, -0.2) is 46.6 Å². The summed E-state index contributed by atoms with van der Waals surface area (Å²) in [4.78, 5) is 12.2. The van der Waals surface area contributed by atoms with Gasteiger partial charge in [0.1, 0.15) is 5.75 Å². The van der Waals surface area contributed by atoms with E-state index in [1.165, 1.54) is 12.1 Å². The van der Waals surface area contributed by atoms with E-state index in [4.69, 9.17) is 4.74 Å². The Morgan fingerprint density at radius 2 is 2.04 bits per heavy atom. The number of hydrogen-bond acceptors (Lipinski definition) is 5. The molecule has 1 aromatic rings. The van der Waals surface area contributed by atoms with Crippen molar-refractivity contribution in [2.75, 3.05) is 26.2 Å². The number of nitrogens with one attached hydrogen (secondary N) is 3. The van der Waals surface area contributed by atoms with Crippen molar-refractivity contribution in [2.45, 2.75) is 37.6 Å². The van der Waals surface area contributed by atoms with Gasteiger partial charge in [-0.25, -0.2) is 13.1 Å². The molecule has 0 radical (unpaired) electrons. The molecule has 2 atom stereocenters. The number of amides is 1. The molecule has 0 saturated carbocycles. The molecular weight excluding hydrogens is 342 g/mol. The summed E-state index contributed by atoms with van der Waals surface area (Å²) in [6, 6.07) is 6.36. The van der Waals surface area contributed by atoms with Crippen LogP contribution in [0, 0.1) is 5.92 Å². The summed E-state index contributed by atoms with van der Waals surface area (Å²) >= 11 is 0. The van der Waals surface area contributed by atoms with Crippen molar-refractivity contribution in [3.8, 4) is 5.75 Å². The van der Waals surface area contributed by atoms with E-state index in [-0.39, 0.29) is 29.8 Å². The number of benzene rings is 1. The van der Waals surface area contributed by atoms with Gasteiger partial charge in [0, 0.05) is 19.0 Å². The molecule has 1 fully saturated rings. The van der Waals surface area contributed by atoms with E-state index in [2.05, 4.69) is 22.3 Å². The van der Waals surface area contributed by atoms with E-state index in [1.54, 1.807) is 12.1 Å². The average molecular weight is 369 g/mol. The van der Waals surface area contributed by atoms with Crippen molar-refractivity contribution in [1.29, 1.82) is 0 Å². The topological polar surface area (TPSA) is 96.5 Å². The predicted molar refractivity (Wildman–Crippen MR) is 96.0 cm³/mol. The fourth-order valence-electron chi connectivity index (χ4n) is 2.77. The van der Waals surface area contributed by atoms with Crippen molar-refractivity contribution in [1.82, 2.24) is 15.4 Å². The highest BCUT2D eigenvalue weighted by Crippen LogP contribution is 2.16. The molecule has 1 saturated heterocycles. The maximum Gasteiger partial charge on any atom is 0.240 e. The molecule has 3 N–H and O–H groups in total. The third-order valence-corrected chi connectivity index (χ3v) is 5.70. The van der Waals surface area contributed by atoms with E-state index < -0.39 is 10.0 Å². The first-order valence-corrected chi connectivity index (χ1v) is 10.1. The zero-order chi connectivity index (χ0) is 18.3. The number of rotatable bonds is 8. The van der Waals surface area contributed by atoms with E-state index in [9.17, 15) is 13.2 Å². The summed E-state index contributed by atoms with van der Waals surface area (Å²) in [5.74, 6) is 0.864. The molecule has 2 rings (SSSR count). The molecule has 1 amide bonds. The Balaban J connectivity index is 1.80. The highest BCUT2D eigenvalue weighted by Gasteiger charge is 2.22. The monoisotopic (exact) mass is 369 g/mol. The molecule has 0 aliphatic carbocycles. The van der Waals surface area contributed by atoms with Crippen molar-refractivity contribution in [2.24, 2.45) is 5.92 Å². The zero-order valence-corrected chi connectivity index (χ0v) is 15.6. The number of ether oxygens (including phenoxy) is 1. The van der Waals surface area contributed by atoms with Gasteiger partial charge in [-0.15, -0.1) is 0 Å². The van der Waals surface area contributed by atoms with Gasteiger partial charge in [-0.3, -0.25) is 4.79 Å². The molecule has 140 valence electrons. The van der Waals surface area contributed by atoms with E-state index in [0.717, 1.165) is 19.5 Å². The highest BCUT2D eigenvalue weighted by molar-refractivity contribution is 7.89. The average Bonchev–Trinajstić information content (AvgIpc) is 2.58. The second kappa shape index (κ2) is 9.17. The Morgan fingerprint density at radius 3 is 2.68 bits per heavy atom. The molecule has 8 heteroatoms. The molecule has 7 nitrogen and oxygen atoms in total. The third kappa shape index (κ3) is 5.98. The van der Waals surface area contributed by atoms with Gasteiger partial charge < -0.3 is 15.4 Å². The lowest BCUT2D eigenvalue weighted by Gasteiger charge is -2.30. The molecule has 1 aromatic carbocycles. The second-order valence-electron chi connectivity index (χ2n) is 6.20. The normalized spacial score (nSPS) is 20.9. The van der Waals surface area contributed by atoms with Gasteiger partial charge in [0.05, 0.1) is 11.5 Å². The summed E-state index contributed by atoms with van der Waals surface area (Å²) < 4.78 is 32.2. The Morgan fingerprint density at radius 1 is 1.32 bits per heavy atom. The first-order chi connectivity index (χ1) is 11.9. The molecule has 0 bridgehead atoms. The first kappa shape index (κ1) is 19.7. The number of sulfonamides is 1. The predicted octanol–water partition coefficient (Wildman–Crippen LogP) is 0.868. The fourth-order valence-corrected chi connectivity index (χ4v) is 3.80. The van der Waals surface area contributed by atoms with Gasteiger partial charge in [0.15, 0.2) is 0 Å². The second-order valence-corrected chi connectivity index (χ2v) is 7.96. The first-order valence-electron chi connectivity index (χ1n) is 8.65. The van der Waals surface area contributed by atoms with Gasteiger partial charge in [-0.2, -0.15) is 0 Å². The Bertz CT molecular complexity index is 661. The minimum absolute atomic E-state index is 0.0702. The Kier molecular flexibility index (Phi) is 7.22. The molecule has 2 unspecified atom stereocenters. The quantitative estimate of drug-likeness (QED) is 0.632. The molecule has 25 heavy (non-hydrogen) atoms. The summed E-state index contributed by atoms with van der Waals surface area (Å²) in [5, 5.41) is 6.26. The zero-order valence-electron chi connectivity index (χ0n) is 14.7. The summed E-state index contributed by atoms with van der Waals surface area (Å²) in [6.07, 6.45) is 1.01. The number of carbonyl (C=O) groups excluding carboxylic acids is 1. The SMILES string of the molecule is CCOc1ccc(S(=O)(=O)NCCC(=O)NC2CCNCC2C)cc1. The van der Waals surface area contributed by atoms with Crippen LogP contribution in [0.25, 0.3) is 0 Å². The summed E-state index contributed by atoms with van der Waals surface area (Å²) in [5.41, 5.74) is 0. The minimum Gasteiger partial charge on any atom is -0.494 e. The van der Waals surface area contributed by atoms with Gasteiger partial charge >= 0.3 is 0 Å². The van der Waals surface area contributed by atoms with Gasteiger partial charge in [0.25, 0.3) is 0 Å². The van der Waals surface area contributed by atoms with E-state index >= 15 is 0 Å². The van der Waals surface area contributed by atoms with Crippen LogP contribution in [-0.2, 0) is 14.8 Å². The lowest BCUT2D eigenvalue weighted by Crippen LogP contribution is -2.48. The summed E-state index contributed by atoms with van der Waals surface area (Å²) in [6.45, 7) is 6.32.